The van der Waals surface area contributed by atoms with Crippen molar-refractivity contribution in [2.24, 2.45) is 0 Å². The summed E-state index contributed by atoms with van der Waals surface area (Å²) in [6.07, 6.45) is 3.42. The van der Waals surface area contributed by atoms with Crippen LogP contribution in [0.1, 0.15) is 45.6 Å². The summed E-state index contributed by atoms with van der Waals surface area (Å²) < 4.78 is 1.69. The molecule has 0 radical (unpaired) electrons. The highest BCUT2D eigenvalue weighted by atomic mass is 32.2. The van der Waals surface area contributed by atoms with Gasteiger partial charge in [0.05, 0.1) is 11.3 Å². The van der Waals surface area contributed by atoms with Gasteiger partial charge in [0.15, 0.2) is 5.78 Å². The van der Waals surface area contributed by atoms with Crippen molar-refractivity contribution in [3.05, 3.63) is 106 Å². The number of amides is 1. The van der Waals surface area contributed by atoms with Crippen LogP contribution >= 0.6 is 11.8 Å². The fourth-order valence-electron chi connectivity index (χ4n) is 4.43. The Bertz CT molecular complexity index is 1540. The minimum Gasteiger partial charge on any atom is -0.328 e. The summed E-state index contributed by atoms with van der Waals surface area (Å²) in [7, 11) is 0. The maximum Gasteiger partial charge on any atom is 0.255 e. The first-order chi connectivity index (χ1) is 18.3. The number of aryl methyl sites for hydroxylation is 3. The highest BCUT2D eigenvalue weighted by molar-refractivity contribution is 7.99. The minimum atomic E-state index is -0.541. The molecule has 2 N–H and O–H groups in total. The van der Waals surface area contributed by atoms with Gasteiger partial charge in [-0.15, -0.1) is 5.10 Å². The van der Waals surface area contributed by atoms with Gasteiger partial charge in [-0.3, -0.25) is 14.6 Å². The van der Waals surface area contributed by atoms with Gasteiger partial charge in [0.25, 0.3) is 5.91 Å². The molecule has 0 bridgehead atoms. The Morgan fingerprint density at radius 1 is 1.03 bits per heavy atom. The van der Waals surface area contributed by atoms with Crippen molar-refractivity contribution in [2.45, 2.75) is 38.9 Å². The van der Waals surface area contributed by atoms with E-state index in [2.05, 4.69) is 20.6 Å². The van der Waals surface area contributed by atoms with Gasteiger partial charge in [-0.25, -0.2) is 4.68 Å². The molecule has 2 aromatic carbocycles. The quantitative estimate of drug-likeness (QED) is 0.243. The second kappa shape index (κ2) is 10.6. The molecule has 1 amide bonds. The average Bonchev–Trinajstić information content (AvgIpc) is 3.31. The third-order valence-corrected chi connectivity index (χ3v) is 7.25. The van der Waals surface area contributed by atoms with Crippen LogP contribution in [0.2, 0.25) is 0 Å². The van der Waals surface area contributed by atoms with E-state index in [1.54, 1.807) is 17.1 Å². The average molecular weight is 525 g/mol. The van der Waals surface area contributed by atoms with E-state index in [0.29, 0.717) is 27.9 Å². The molecule has 0 spiro atoms. The Kier molecular flexibility index (Phi) is 7.11. The zero-order valence-corrected chi connectivity index (χ0v) is 22.5. The molecule has 5 rings (SSSR count). The zero-order chi connectivity index (χ0) is 26.8. The fraction of sp³-hybridized carbons (Fsp3) is 0.207. The van der Waals surface area contributed by atoms with Crippen molar-refractivity contribution in [3.8, 4) is 0 Å². The van der Waals surface area contributed by atoms with Crippen molar-refractivity contribution < 1.29 is 9.59 Å². The lowest BCUT2D eigenvalue weighted by atomic mass is 9.96. The Morgan fingerprint density at radius 2 is 1.79 bits per heavy atom. The number of ketones is 1. The van der Waals surface area contributed by atoms with E-state index in [9.17, 15) is 9.59 Å². The Balaban J connectivity index is 1.43. The highest BCUT2D eigenvalue weighted by Crippen LogP contribution is 2.36. The van der Waals surface area contributed by atoms with Gasteiger partial charge in [-0.05, 0) is 51.0 Å². The molecule has 2 aromatic heterocycles. The van der Waals surface area contributed by atoms with E-state index in [1.165, 1.54) is 11.8 Å². The fourth-order valence-corrected chi connectivity index (χ4v) is 5.15. The minimum absolute atomic E-state index is 0.00220. The molecule has 3 heterocycles. The first kappa shape index (κ1) is 25.4. The summed E-state index contributed by atoms with van der Waals surface area (Å²) in [6, 6.07) is 16.6. The maximum absolute atomic E-state index is 13.7. The van der Waals surface area contributed by atoms with Gasteiger partial charge in [-0.2, -0.15) is 4.98 Å². The largest absolute Gasteiger partial charge is 0.328 e. The van der Waals surface area contributed by atoms with E-state index in [1.807, 2.05) is 82.3 Å². The lowest BCUT2D eigenvalue weighted by molar-refractivity contribution is -0.113. The van der Waals surface area contributed by atoms with Gasteiger partial charge in [0.1, 0.15) is 6.04 Å². The summed E-state index contributed by atoms with van der Waals surface area (Å²) in [6.45, 7) is 7.83. The van der Waals surface area contributed by atoms with Crippen LogP contribution in [0.5, 0.6) is 0 Å². The second-order valence-corrected chi connectivity index (χ2v) is 10.3. The molecule has 0 fully saturated rings. The smallest absolute Gasteiger partial charge is 0.255 e. The molecule has 1 atom stereocenters. The van der Waals surface area contributed by atoms with Crippen LogP contribution < -0.4 is 10.6 Å². The van der Waals surface area contributed by atoms with E-state index in [4.69, 9.17) is 5.10 Å². The van der Waals surface area contributed by atoms with Crippen LogP contribution in [0.3, 0.4) is 0 Å². The van der Waals surface area contributed by atoms with Crippen LogP contribution in [0, 0.1) is 20.8 Å². The second-order valence-electron chi connectivity index (χ2n) is 9.37. The number of hydrogen-bond donors (Lipinski definition) is 2. The van der Waals surface area contributed by atoms with Crippen molar-refractivity contribution in [1.82, 2.24) is 19.7 Å². The van der Waals surface area contributed by atoms with Gasteiger partial charge in [0.2, 0.25) is 11.1 Å². The van der Waals surface area contributed by atoms with Gasteiger partial charge in [0, 0.05) is 29.3 Å². The van der Waals surface area contributed by atoms with Crippen molar-refractivity contribution in [1.29, 1.82) is 0 Å². The standard InChI is InChI=1S/C29H28N6O2S/c1-17-7-10-21(11-8-17)24(36)16-38-29-33-28-31-20(4)25(26(35(28)34-29)22-6-5-13-30-15-22)27(37)32-23-12-9-18(2)14-19(23)3/h5-15,26H,16H2,1-4H3,(H,32,37)(H,31,33,34)/t26-/m1/s1. The molecular weight excluding hydrogens is 496 g/mol. The van der Waals surface area contributed by atoms with Gasteiger partial charge in [-0.1, -0.05) is 65.4 Å². The van der Waals surface area contributed by atoms with E-state index in [0.717, 1.165) is 27.9 Å². The molecule has 38 heavy (non-hydrogen) atoms. The molecule has 0 saturated heterocycles. The summed E-state index contributed by atoms with van der Waals surface area (Å²) >= 11 is 1.27. The number of thioether (sulfide) groups is 1. The van der Waals surface area contributed by atoms with Crippen LogP contribution in [0.4, 0.5) is 11.6 Å². The molecule has 1 aliphatic heterocycles. The molecule has 0 saturated carbocycles. The Labute approximate surface area is 225 Å². The van der Waals surface area contributed by atoms with E-state index >= 15 is 0 Å². The number of hydrogen-bond acceptors (Lipinski definition) is 7. The van der Waals surface area contributed by atoms with Crippen LogP contribution in [-0.2, 0) is 4.79 Å². The van der Waals surface area contributed by atoms with E-state index in [-0.39, 0.29) is 17.4 Å². The predicted molar refractivity (Wildman–Crippen MR) is 149 cm³/mol. The first-order valence-corrected chi connectivity index (χ1v) is 13.2. The summed E-state index contributed by atoms with van der Waals surface area (Å²) in [5.74, 6) is 0.476. The number of pyridine rings is 1. The van der Waals surface area contributed by atoms with Gasteiger partial charge >= 0.3 is 0 Å². The zero-order valence-electron chi connectivity index (χ0n) is 21.6. The number of anilines is 2. The van der Waals surface area contributed by atoms with Crippen LogP contribution in [0.15, 0.2) is 83.4 Å². The summed E-state index contributed by atoms with van der Waals surface area (Å²) in [5, 5.41) is 11.5. The maximum atomic E-state index is 13.7. The SMILES string of the molecule is CC1=C(C(=O)Nc2ccc(C)cc2C)[C@@H](c2cccnc2)n2nc(SCC(=O)c3ccc(C)cc3)nc2N1. The number of Topliss-reactive ketones (excluding diaryl/α,β-unsaturated/α-hetero) is 1. The number of nitrogens with one attached hydrogen (secondary N) is 2. The molecule has 8 nitrogen and oxygen atoms in total. The predicted octanol–water partition coefficient (Wildman–Crippen LogP) is 5.50. The number of nitrogens with zero attached hydrogens (tertiary/aromatic N) is 4. The van der Waals surface area contributed by atoms with Crippen molar-refractivity contribution in [2.75, 3.05) is 16.4 Å². The number of carbonyl (C=O) groups excluding carboxylic acids is 2. The lowest BCUT2D eigenvalue weighted by Gasteiger charge is -2.28. The summed E-state index contributed by atoms with van der Waals surface area (Å²) in [4.78, 5) is 35.3. The molecule has 192 valence electrons. The normalized spacial score (nSPS) is 14.6. The molecule has 9 heteroatoms. The molecule has 0 unspecified atom stereocenters. The van der Waals surface area contributed by atoms with E-state index < -0.39 is 6.04 Å². The third kappa shape index (κ3) is 5.24. The number of benzene rings is 2. The van der Waals surface area contributed by atoms with Gasteiger partial charge < -0.3 is 10.6 Å². The third-order valence-electron chi connectivity index (χ3n) is 6.41. The van der Waals surface area contributed by atoms with Crippen molar-refractivity contribution >= 4 is 35.1 Å². The van der Waals surface area contributed by atoms with Crippen LogP contribution in [0.25, 0.3) is 0 Å². The number of allylic oxidation sites excluding steroid dienone is 1. The molecular formula is C29H28N6O2S. The lowest BCUT2D eigenvalue weighted by Crippen LogP contribution is -2.31. The number of aromatic nitrogens is 4. The summed E-state index contributed by atoms with van der Waals surface area (Å²) in [5.41, 5.74) is 6.61. The number of carbonyl (C=O) groups is 2. The van der Waals surface area contributed by atoms with Crippen molar-refractivity contribution in [3.63, 3.8) is 0 Å². The Morgan fingerprint density at radius 3 is 2.50 bits per heavy atom. The topological polar surface area (TPSA) is 102 Å². The molecule has 0 aliphatic carbocycles. The monoisotopic (exact) mass is 524 g/mol. The highest BCUT2D eigenvalue weighted by Gasteiger charge is 2.34. The molecule has 4 aromatic rings. The number of rotatable bonds is 7. The Hall–Kier alpha value is -4.24. The molecule has 1 aliphatic rings. The first-order valence-electron chi connectivity index (χ1n) is 12.3. The van der Waals surface area contributed by atoms with Crippen LogP contribution in [-0.4, -0.2) is 37.2 Å². The number of fused-ring (bicyclic) bond motifs is 1.